The van der Waals surface area contributed by atoms with Crippen molar-refractivity contribution in [3.63, 3.8) is 0 Å². The number of nitrogens with zero attached hydrogens (tertiary/aromatic N) is 1. The molecule has 0 aromatic heterocycles. The average Bonchev–Trinajstić information content (AvgIpc) is 2.89. The molecule has 0 bridgehead atoms. The smallest absolute Gasteiger partial charge is 0.149 e. The molecule has 4 heteroatoms. The van der Waals surface area contributed by atoms with Gasteiger partial charge in [-0.15, -0.1) is 17.7 Å². The van der Waals surface area contributed by atoms with Crippen LogP contribution in [0.25, 0.3) is 0 Å². The molecular weight excluding hydrogens is 489 g/mol. The highest BCUT2D eigenvalue weighted by Crippen LogP contribution is 2.22. The van der Waals surface area contributed by atoms with Gasteiger partial charge in [0, 0.05) is 16.3 Å². The van der Waals surface area contributed by atoms with Crippen molar-refractivity contribution in [3.05, 3.63) is 120 Å². The normalized spacial score (nSPS) is 11.1. The minimum absolute atomic E-state index is 0.788. The van der Waals surface area contributed by atoms with E-state index in [0.717, 1.165) is 28.1 Å². The lowest BCUT2D eigenvalue weighted by atomic mass is 9.16. The van der Waals surface area contributed by atoms with Gasteiger partial charge in [-0.1, -0.05) is 109 Å². The lowest BCUT2D eigenvalue weighted by molar-refractivity contribution is -0.849. The molecule has 37 heavy (non-hydrogen) atoms. The van der Waals surface area contributed by atoms with E-state index in [2.05, 4.69) is 137 Å². The van der Waals surface area contributed by atoms with Crippen molar-refractivity contribution >= 4 is 45.9 Å². The van der Waals surface area contributed by atoms with E-state index < -0.39 is 6.15 Å². The third kappa shape index (κ3) is 9.17. The van der Waals surface area contributed by atoms with Crippen LogP contribution in [0.5, 0.6) is 0 Å². The minimum Gasteiger partial charge on any atom is -0.333 e. The van der Waals surface area contributed by atoms with Crippen LogP contribution in [0.15, 0.2) is 120 Å². The fourth-order valence-electron chi connectivity index (χ4n) is 4.19. The van der Waals surface area contributed by atoms with Crippen LogP contribution < -0.4 is 16.4 Å². The van der Waals surface area contributed by atoms with E-state index in [-0.39, 0.29) is 0 Å². The highest BCUT2D eigenvalue weighted by atomic mass is 35.5. The van der Waals surface area contributed by atoms with Crippen LogP contribution in [-0.2, 0) is 0 Å². The van der Waals surface area contributed by atoms with Gasteiger partial charge in [-0.3, -0.25) is 5.82 Å². The fourth-order valence-corrected chi connectivity index (χ4v) is 5.35. The topological polar surface area (TPSA) is 0 Å². The first-order chi connectivity index (χ1) is 17.8. The summed E-state index contributed by atoms with van der Waals surface area (Å²) in [7, 11) is 8.50. The number of benzene rings is 4. The predicted molar refractivity (Wildman–Crippen MR) is 167 cm³/mol. The second-order valence-electron chi connectivity index (χ2n) is 10.5. The Bertz CT molecular complexity index is 1170. The molecule has 0 aliphatic heterocycles. The van der Waals surface area contributed by atoms with Crippen molar-refractivity contribution in [3.8, 4) is 11.7 Å². The molecule has 0 amide bonds. The Kier molecular flexibility index (Phi) is 11.0. The Balaban J connectivity index is 0.000000695. The molecule has 0 heterocycles. The van der Waals surface area contributed by atoms with E-state index in [1.165, 1.54) is 21.3 Å². The van der Waals surface area contributed by atoms with Gasteiger partial charge in [0.2, 0.25) is 0 Å². The van der Waals surface area contributed by atoms with Gasteiger partial charge >= 0.3 is 0 Å². The fraction of sp³-hybridized carbons (Fsp3) is 0.212. The van der Waals surface area contributed by atoms with Crippen molar-refractivity contribution in [2.24, 2.45) is 0 Å². The zero-order valence-electron chi connectivity index (χ0n) is 22.4. The predicted octanol–water partition coefficient (Wildman–Crippen LogP) is 6.25. The third-order valence-corrected chi connectivity index (χ3v) is 7.04. The summed E-state index contributed by atoms with van der Waals surface area (Å²) < 4.78 is 1.00. The lowest BCUT2D eigenvalue weighted by Crippen LogP contribution is -2.66. The van der Waals surface area contributed by atoms with Crippen molar-refractivity contribution in [1.82, 2.24) is 0 Å². The number of hydrogen-bond donors (Lipinski definition) is 0. The number of halogens is 1. The number of thioether (sulfide) groups is 1. The maximum absolute atomic E-state index is 6.10. The third-order valence-electron chi connectivity index (χ3n) is 5.73. The number of rotatable bonds is 7. The summed E-state index contributed by atoms with van der Waals surface area (Å²) in [5, 5.41) is 0.788. The van der Waals surface area contributed by atoms with E-state index in [1.54, 1.807) is 0 Å². The van der Waals surface area contributed by atoms with Gasteiger partial charge in [0.1, 0.15) is 6.15 Å². The molecule has 190 valence electrons. The van der Waals surface area contributed by atoms with E-state index in [0.29, 0.717) is 0 Å². The number of quaternary nitrogens is 1. The van der Waals surface area contributed by atoms with Gasteiger partial charge in [-0.25, -0.2) is 0 Å². The van der Waals surface area contributed by atoms with Crippen LogP contribution in [0.2, 0.25) is 5.02 Å². The first-order valence-electron chi connectivity index (χ1n) is 12.8. The maximum Gasteiger partial charge on any atom is 0.149 e. The standard InChI is InChI=1S/C29H25BClS.C4H12N/c31-28-20-13-21-29(24-28)32-23-12-4-11-22-30(25-14-5-1-6-15-25,26-16-7-2-8-17-26)27-18-9-3-10-19-27;1-5(2,3)4/h1-3,5-10,13-21,24H,4,12,23H2;1-4H3/q-1;+1. The molecule has 1 nitrogen and oxygen atoms in total. The number of hydrogen-bond acceptors (Lipinski definition) is 1. The first kappa shape index (κ1) is 28.7. The highest BCUT2D eigenvalue weighted by Gasteiger charge is 2.27. The molecule has 0 unspecified atom stereocenters. The molecule has 0 aliphatic carbocycles. The van der Waals surface area contributed by atoms with Crippen molar-refractivity contribution < 1.29 is 4.48 Å². The van der Waals surface area contributed by atoms with Crippen LogP contribution in [0, 0.1) is 11.7 Å². The summed E-state index contributed by atoms with van der Waals surface area (Å²) in [5.74, 6) is 8.35. The Labute approximate surface area is 233 Å². The Morgan fingerprint density at radius 2 is 1.14 bits per heavy atom. The first-order valence-corrected chi connectivity index (χ1v) is 14.1. The zero-order chi connectivity index (χ0) is 26.6. The molecule has 0 aliphatic rings. The van der Waals surface area contributed by atoms with Crippen LogP contribution in [0.3, 0.4) is 0 Å². The van der Waals surface area contributed by atoms with Crippen LogP contribution >= 0.6 is 23.4 Å². The summed E-state index contributed by atoms with van der Waals surface area (Å²) in [5.41, 5.74) is 3.77. The Hall–Kier alpha value is -2.90. The average molecular weight is 526 g/mol. The molecule has 4 aromatic rings. The molecule has 0 atom stereocenters. The molecule has 0 saturated carbocycles. The summed E-state index contributed by atoms with van der Waals surface area (Å²) in [4.78, 5) is 1.21. The summed E-state index contributed by atoms with van der Waals surface area (Å²) in [6.07, 6.45) is 0.530. The molecular formula is C33H37BClNS. The molecule has 0 N–H and O–H groups in total. The van der Waals surface area contributed by atoms with Gasteiger partial charge in [0.05, 0.1) is 28.2 Å². The van der Waals surface area contributed by atoms with E-state index in [1.807, 2.05) is 30.0 Å². The van der Waals surface area contributed by atoms with Gasteiger partial charge < -0.3 is 4.48 Å². The van der Waals surface area contributed by atoms with Crippen LogP contribution in [0.1, 0.15) is 12.8 Å². The SMILES string of the molecule is C[N+](C)(C)C.Clc1cccc(SCCCC#C[B-](c2ccccc2)(c2ccccc2)c2ccccc2)c1. The van der Waals surface area contributed by atoms with E-state index >= 15 is 0 Å². The Morgan fingerprint density at radius 3 is 1.57 bits per heavy atom. The molecule has 4 aromatic carbocycles. The van der Waals surface area contributed by atoms with Crippen molar-refractivity contribution in [1.29, 1.82) is 0 Å². The second kappa shape index (κ2) is 14.2. The van der Waals surface area contributed by atoms with Gasteiger partial charge in [0.25, 0.3) is 0 Å². The quantitative estimate of drug-likeness (QED) is 0.0904. The monoisotopic (exact) mass is 525 g/mol. The molecule has 0 spiro atoms. The van der Waals surface area contributed by atoms with E-state index in [4.69, 9.17) is 11.6 Å². The minimum atomic E-state index is -1.37. The van der Waals surface area contributed by atoms with Gasteiger partial charge in [0.15, 0.2) is 0 Å². The zero-order valence-corrected chi connectivity index (χ0v) is 24.0. The molecule has 0 radical (unpaired) electrons. The van der Waals surface area contributed by atoms with Crippen LogP contribution in [-0.4, -0.2) is 44.6 Å². The van der Waals surface area contributed by atoms with E-state index in [9.17, 15) is 0 Å². The number of unbranched alkanes of at least 4 members (excludes halogenated alkanes) is 1. The van der Waals surface area contributed by atoms with Crippen molar-refractivity contribution in [2.45, 2.75) is 17.7 Å². The van der Waals surface area contributed by atoms with Crippen molar-refractivity contribution in [2.75, 3.05) is 33.9 Å². The second-order valence-corrected chi connectivity index (χ2v) is 12.1. The molecule has 0 saturated heterocycles. The highest BCUT2D eigenvalue weighted by molar-refractivity contribution is 7.99. The maximum atomic E-state index is 6.10. The summed E-state index contributed by atoms with van der Waals surface area (Å²) in [6.45, 7) is 0. The molecule has 0 fully saturated rings. The van der Waals surface area contributed by atoms with Crippen LogP contribution in [0.4, 0.5) is 0 Å². The van der Waals surface area contributed by atoms with Gasteiger partial charge in [-0.05, 0) is 30.4 Å². The summed E-state index contributed by atoms with van der Waals surface area (Å²) in [6, 6.07) is 40.2. The molecule has 4 rings (SSSR count). The van der Waals surface area contributed by atoms with Gasteiger partial charge in [-0.2, -0.15) is 16.4 Å². The Morgan fingerprint density at radius 1 is 0.676 bits per heavy atom. The lowest BCUT2D eigenvalue weighted by Gasteiger charge is -2.38. The largest absolute Gasteiger partial charge is 0.333 e. The summed E-state index contributed by atoms with van der Waals surface area (Å²) >= 11 is 7.93.